The average Bonchev–Trinajstić information content (AvgIpc) is 3.47. The summed E-state index contributed by atoms with van der Waals surface area (Å²) < 4.78 is 24.6. The van der Waals surface area contributed by atoms with Crippen LogP contribution in [0.2, 0.25) is 18.1 Å². The highest BCUT2D eigenvalue weighted by Crippen LogP contribution is 2.57. The first-order valence-corrected chi connectivity index (χ1v) is 21.6. The van der Waals surface area contributed by atoms with Crippen molar-refractivity contribution in [2.75, 3.05) is 37.9 Å². The standard InChI is InChI=1S/C34H60O6S2Si/c1-32(2,3)43(4,5)40-22-15-12-19-30(35)31(36)27-34(41-25-16-26-42-34)33(38-23-24-39-33)20-13-7-6-8-14-21-37-28-29-17-10-9-11-18-29/h9-11,17-18,30-31,35-36H,6-8,12-16,19-28H2,1-5H3/t30-,31-/m1/s1. The number of benzene rings is 1. The van der Waals surface area contributed by atoms with Gasteiger partial charge in [-0.1, -0.05) is 70.4 Å². The topological polar surface area (TPSA) is 77.4 Å². The summed E-state index contributed by atoms with van der Waals surface area (Å²) >= 11 is 3.75. The van der Waals surface area contributed by atoms with Gasteiger partial charge in [-0.25, -0.2) is 0 Å². The SMILES string of the molecule is CC(C)(C)[Si](C)(C)OCCCC[C@@H](O)[C@H](O)CC1(C2(CCCCCCCOCc3ccccc3)OCCO2)SCCCS1. The number of aliphatic hydroxyl groups excluding tert-OH is 2. The summed E-state index contributed by atoms with van der Waals surface area (Å²) in [6.07, 6.45) is 8.76. The molecule has 0 bridgehead atoms. The lowest BCUT2D eigenvalue weighted by Crippen LogP contribution is -2.54. The summed E-state index contributed by atoms with van der Waals surface area (Å²) in [5.41, 5.74) is 1.22. The number of unbranched alkanes of at least 4 members (excludes halogenated alkanes) is 5. The van der Waals surface area contributed by atoms with Gasteiger partial charge in [0.1, 0.15) is 4.08 Å². The molecule has 0 amide bonds. The molecule has 1 aromatic carbocycles. The van der Waals surface area contributed by atoms with Gasteiger partial charge in [0.15, 0.2) is 14.1 Å². The Bertz CT molecular complexity index is 885. The van der Waals surface area contributed by atoms with Gasteiger partial charge in [0.05, 0.1) is 32.0 Å². The van der Waals surface area contributed by atoms with Gasteiger partial charge < -0.3 is 28.8 Å². The van der Waals surface area contributed by atoms with E-state index in [9.17, 15) is 10.2 Å². The summed E-state index contributed by atoms with van der Waals surface area (Å²) in [5.74, 6) is 1.34. The van der Waals surface area contributed by atoms with Crippen molar-refractivity contribution in [3.63, 3.8) is 0 Å². The van der Waals surface area contributed by atoms with Gasteiger partial charge in [-0.3, -0.25) is 0 Å². The lowest BCUT2D eigenvalue weighted by atomic mass is 9.95. The van der Waals surface area contributed by atoms with Gasteiger partial charge in [-0.05, 0) is 73.7 Å². The third-order valence-electron chi connectivity index (χ3n) is 9.28. The third kappa shape index (κ3) is 11.6. The lowest BCUT2D eigenvalue weighted by molar-refractivity contribution is -0.176. The summed E-state index contributed by atoms with van der Waals surface area (Å²) in [5, 5.41) is 22.4. The van der Waals surface area contributed by atoms with Crippen LogP contribution < -0.4 is 0 Å². The molecule has 2 N–H and O–H groups in total. The summed E-state index contributed by atoms with van der Waals surface area (Å²) in [7, 11) is -1.75. The summed E-state index contributed by atoms with van der Waals surface area (Å²) in [4.78, 5) is 0. The molecular weight excluding hydrogens is 597 g/mol. The summed E-state index contributed by atoms with van der Waals surface area (Å²) in [6, 6.07) is 10.3. The zero-order valence-corrected chi connectivity index (χ0v) is 30.2. The van der Waals surface area contributed by atoms with E-state index in [4.69, 9.17) is 18.6 Å². The molecule has 1 aromatic rings. The molecule has 2 aliphatic heterocycles. The molecule has 0 unspecified atom stereocenters. The van der Waals surface area contributed by atoms with Gasteiger partial charge in [-0.15, -0.1) is 23.5 Å². The molecule has 0 saturated carbocycles. The fraction of sp³-hybridized carbons (Fsp3) is 0.824. The van der Waals surface area contributed by atoms with Gasteiger partial charge in [0, 0.05) is 26.1 Å². The maximum Gasteiger partial charge on any atom is 0.192 e. The molecule has 2 saturated heterocycles. The largest absolute Gasteiger partial charge is 0.417 e. The van der Waals surface area contributed by atoms with Gasteiger partial charge in [-0.2, -0.15) is 0 Å². The van der Waals surface area contributed by atoms with Crippen LogP contribution in [-0.4, -0.2) is 78.5 Å². The molecular formula is C34H60O6S2Si. The Labute approximate surface area is 271 Å². The molecule has 43 heavy (non-hydrogen) atoms. The monoisotopic (exact) mass is 656 g/mol. The zero-order valence-electron chi connectivity index (χ0n) is 27.6. The van der Waals surface area contributed by atoms with Gasteiger partial charge >= 0.3 is 0 Å². The molecule has 0 aliphatic carbocycles. The minimum atomic E-state index is -1.75. The maximum atomic E-state index is 11.3. The second-order valence-corrected chi connectivity index (χ2v) is 21.6. The first-order valence-electron chi connectivity index (χ1n) is 16.7. The van der Waals surface area contributed by atoms with Crippen LogP contribution in [0.4, 0.5) is 0 Å². The van der Waals surface area contributed by atoms with Crippen LogP contribution in [0.15, 0.2) is 30.3 Å². The highest BCUT2D eigenvalue weighted by molar-refractivity contribution is 8.18. The van der Waals surface area contributed by atoms with Crippen LogP contribution in [0, 0.1) is 0 Å². The molecule has 0 aromatic heterocycles. The van der Waals surface area contributed by atoms with Crippen LogP contribution in [-0.2, 0) is 25.2 Å². The van der Waals surface area contributed by atoms with Crippen LogP contribution >= 0.6 is 23.5 Å². The molecule has 2 heterocycles. The normalized spacial score (nSPS) is 20.3. The van der Waals surface area contributed by atoms with Crippen LogP contribution in [0.25, 0.3) is 0 Å². The zero-order chi connectivity index (χ0) is 31.2. The second kappa shape index (κ2) is 18.3. The van der Waals surface area contributed by atoms with E-state index >= 15 is 0 Å². The Morgan fingerprint density at radius 1 is 0.860 bits per heavy atom. The van der Waals surface area contributed by atoms with E-state index in [0.29, 0.717) is 32.7 Å². The second-order valence-electron chi connectivity index (χ2n) is 13.8. The lowest BCUT2D eigenvalue weighted by Gasteiger charge is -2.49. The maximum absolute atomic E-state index is 11.3. The van der Waals surface area contributed by atoms with E-state index in [0.717, 1.165) is 76.1 Å². The van der Waals surface area contributed by atoms with E-state index in [2.05, 4.69) is 58.1 Å². The number of thioether (sulfide) groups is 2. The quantitative estimate of drug-likeness (QED) is 0.108. The highest BCUT2D eigenvalue weighted by Gasteiger charge is 2.58. The Kier molecular flexibility index (Phi) is 15.9. The minimum absolute atomic E-state index is 0.199. The van der Waals surface area contributed by atoms with E-state index in [1.165, 1.54) is 12.0 Å². The van der Waals surface area contributed by atoms with E-state index < -0.39 is 30.4 Å². The van der Waals surface area contributed by atoms with Crippen molar-refractivity contribution < 1.29 is 28.8 Å². The first-order chi connectivity index (χ1) is 20.5. The predicted molar refractivity (Wildman–Crippen MR) is 184 cm³/mol. The van der Waals surface area contributed by atoms with Gasteiger partial charge in [0.2, 0.25) is 0 Å². The van der Waals surface area contributed by atoms with Crippen molar-refractivity contribution in [1.29, 1.82) is 0 Å². The molecule has 0 spiro atoms. The van der Waals surface area contributed by atoms with E-state index in [1.54, 1.807) is 0 Å². The van der Waals surface area contributed by atoms with Crippen LogP contribution in [0.5, 0.6) is 0 Å². The van der Waals surface area contributed by atoms with Crippen molar-refractivity contribution in [3.05, 3.63) is 35.9 Å². The van der Waals surface area contributed by atoms with Crippen molar-refractivity contribution in [2.24, 2.45) is 0 Å². The predicted octanol–water partition coefficient (Wildman–Crippen LogP) is 8.16. The van der Waals surface area contributed by atoms with Gasteiger partial charge in [0.25, 0.3) is 0 Å². The van der Waals surface area contributed by atoms with Crippen molar-refractivity contribution in [2.45, 2.75) is 138 Å². The van der Waals surface area contributed by atoms with E-state index in [-0.39, 0.29) is 5.04 Å². The van der Waals surface area contributed by atoms with Crippen molar-refractivity contribution in [3.8, 4) is 0 Å². The molecule has 9 heteroatoms. The van der Waals surface area contributed by atoms with Crippen molar-refractivity contribution >= 4 is 31.8 Å². The number of ether oxygens (including phenoxy) is 3. The number of aliphatic hydroxyl groups is 2. The molecule has 2 aliphatic rings. The number of hydrogen-bond donors (Lipinski definition) is 2. The fourth-order valence-electron chi connectivity index (χ4n) is 5.54. The van der Waals surface area contributed by atoms with Crippen LogP contribution in [0.1, 0.15) is 97.0 Å². The molecule has 2 atom stereocenters. The number of rotatable bonds is 20. The molecule has 0 radical (unpaired) electrons. The first kappa shape index (κ1) is 37.4. The third-order valence-corrected chi connectivity index (χ3v) is 17.4. The molecule has 6 nitrogen and oxygen atoms in total. The Morgan fingerprint density at radius 2 is 1.49 bits per heavy atom. The number of hydrogen-bond acceptors (Lipinski definition) is 8. The van der Waals surface area contributed by atoms with Crippen LogP contribution in [0.3, 0.4) is 0 Å². The highest BCUT2D eigenvalue weighted by atomic mass is 32.2. The minimum Gasteiger partial charge on any atom is -0.417 e. The van der Waals surface area contributed by atoms with Crippen molar-refractivity contribution in [1.82, 2.24) is 0 Å². The Hall–Kier alpha value is -0.103. The Balaban J connectivity index is 1.42. The fourth-order valence-corrected chi connectivity index (χ4v) is 10.3. The smallest absolute Gasteiger partial charge is 0.192 e. The van der Waals surface area contributed by atoms with E-state index in [1.807, 2.05) is 29.6 Å². The molecule has 248 valence electrons. The molecule has 3 rings (SSSR count). The average molecular weight is 657 g/mol. The Morgan fingerprint density at radius 3 is 2.16 bits per heavy atom. The molecule has 2 fully saturated rings. The summed E-state index contributed by atoms with van der Waals surface area (Å²) in [6.45, 7) is 14.7.